The number of hydrogen-bond acceptors (Lipinski definition) is 6. The van der Waals surface area contributed by atoms with Gasteiger partial charge in [0.2, 0.25) is 0 Å². The summed E-state index contributed by atoms with van der Waals surface area (Å²) in [6.45, 7) is 5.31. The normalized spacial score (nSPS) is 11.8. The van der Waals surface area contributed by atoms with E-state index in [1.54, 1.807) is 20.0 Å². The Morgan fingerprint density at radius 2 is 2.10 bits per heavy atom. The van der Waals surface area contributed by atoms with Crippen LogP contribution in [0.25, 0.3) is 0 Å². The Balaban J connectivity index is 2.39. The van der Waals surface area contributed by atoms with E-state index < -0.39 is 10.0 Å². The lowest BCUT2D eigenvalue weighted by atomic mass is 10.4. The van der Waals surface area contributed by atoms with Gasteiger partial charge < -0.3 is 5.11 Å². The fourth-order valence-corrected chi connectivity index (χ4v) is 4.27. The highest BCUT2D eigenvalue weighted by Crippen LogP contribution is 2.24. The number of aliphatic hydroxyl groups excluding tert-OH is 1. The van der Waals surface area contributed by atoms with Crippen LogP contribution in [-0.2, 0) is 16.6 Å². The lowest BCUT2D eigenvalue weighted by molar-refractivity contribution is 0.267. The van der Waals surface area contributed by atoms with Crippen molar-refractivity contribution < 1.29 is 13.5 Å². The first-order valence-corrected chi connectivity index (χ1v) is 8.25. The summed E-state index contributed by atoms with van der Waals surface area (Å²) in [5.41, 5.74) is 0.897. The van der Waals surface area contributed by atoms with Gasteiger partial charge in [-0.3, -0.25) is 9.40 Å². The zero-order valence-electron chi connectivity index (χ0n) is 11.4. The predicted octanol–water partition coefficient (Wildman–Crippen LogP) is 1.06. The minimum absolute atomic E-state index is 0.0967. The quantitative estimate of drug-likeness (QED) is 0.859. The van der Waals surface area contributed by atoms with Crippen molar-refractivity contribution in [1.82, 2.24) is 14.8 Å². The molecule has 20 heavy (non-hydrogen) atoms. The van der Waals surface area contributed by atoms with Crippen LogP contribution in [0.5, 0.6) is 0 Å². The second-order valence-electron chi connectivity index (χ2n) is 4.33. The Morgan fingerprint density at radius 3 is 2.65 bits per heavy atom. The van der Waals surface area contributed by atoms with Gasteiger partial charge in [-0.25, -0.2) is 13.4 Å². The second-order valence-corrected chi connectivity index (χ2v) is 7.18. The molecule has 0 saturated carbocycles. The Labute approximate surface area is 121 Å². The summed E-state index contributed by atoms with van der Waals surface area (Å²) >= 11 is 1.27. The van der Waals surface area contributed by atoms with Gasteiger partial charge in [-0.05, 0) is 20.8 Å². The Hall–Kier alpha value is -1.45. The van der Waals surface area contributed by atoms with E-state index in [0.29, 0.717) is 16.5 Å². The molecule has 0 aliphatic carbocycles. The van der Waals surface area contributed by atoms with Crippen LogP contribution in [0.1, 0.15) is 16.3 Å². The van der Waals surface area contributed by atoms with Crippen molar-refractivity contribution in [3.8, 4) is 0 Å². The highest BCUT2D eigenvalue weighted by Gasteiger charge is 2.25. The number of rotatable bonds is 5. The minimum atomic E-state index is -3.73. The van der Waals surface area contributed by atoms with Crippen molar-refractivity contribution in [2.45, 2.75) is 32.2 Å². The SMILES string of the molecule is Cc1cnc(NS(=O)(=O)c2c(C)nn(CCO)c2C)s1. The first-order chi connectivity index (χ1) is 9.35. The number of anilines is 1. The fraction of sp³-hybridized carbons (Fsp3) is 0.455. The van der Waals surface area contributed by atoms with Gasteiger partial charge in [-0.2, -0.15) is 5.10 Å². The number of nitrogens with one attached hydrogen (secondary N) is 1. The van der Waals surface area contributed by atoms with E-state index in [9.17, 15) is 8.42 Å². The van der Waals surface area contributed by atoms with E-state index in [-0.39, 0.29) is 18.0 Å². The molecule has 0 saturated heterocycles. The molecule has 0 aliphatic rings. The average molecular weight is 316 g/mol. The molecule has 0 aliphatic heterocycles. The minimum Gasteiger partial charge on any atom is -0.394 e. The summed E-state index contributed by atoms with van der Waals surface area (Å²) in [4.78, 5) is 5.05. The van der Waals surface area contributed by atoms with Gasteiger partial charge in [0.05, 0.1) is 24.5 Å². The molecule has 0 radical (unpaired) electrons. The molecule has 110 valence electrons. The van der Waals surface area contributed by atoms with E-state index in [1.807, 2.05) is 6.92 Å². The summed E-state index contributed by atoms with van der Waals surface area (Å²) in [5.74, 6) is 0. The Kier molecular flexibility index (Phi) is 4.11. The number of aryl methyl sites for hydroxylation is 2. The standard InChI is InChI=1S/C11H16N4O3S2/c1-7-6-12-11(19-7)14-20(17,18)10-8(2)13-15(4-5-16)9(10)3/h6,16H,4-5H2,1-3H3,(H,12,14). The first-order valence-electron chi connectivity index (χ1n) is 5.95. The summed E-state index contributed by atoms with van der Waals surface area (Å²) in [6.07, 6.45) is 1.61. The summed E-state index contributed by atoms with van der Waals surface area (Å²) in [6, 6.07) is 0. The fourth-order valence-electron chi connectivity index (χ4n) is 1.95. The molecule has 0 unspecified atom stereocenters. The van der Waals surface area contributed by atoms with Crippen LogP contribution >= 0.6 is 11.3 Å². The van der Waals surface area contributed by atoms with E-state index in [4.69, 9.17) is 5.11 Å². The van der Waals surface area contributed by atoms with Crippen LogP contribution in [0.15, 0.2) is 11.1 Å². The van der Waals surface area contributed by atoms with Crippen molar-refractivity contribution in [3.63, 3.8) is 0 Å². The van der Waals surface area contributed by atoms with Crippen molar-refractivity contribution in [2.24, 2.45) is 0 Å². The predicted molar refractivity (Wildman–Crippen MR) is 76.4 cm³/mol. The molecule has 0 amide bonds. The molecule has 2 N–H and O–H groups in total. The molecule has 0 aromatic carbocycles. The maximum Gasteiger partial charge on any atom is 0.267 e. The van der Waals surface area contributed by atoms with E-state index >= 15 is 0 Å². The third-order valence-electron chi connectivity index (χ3n) is 2.74. The number of aliphatic hydroxyl groups is 1. The maximum absolute atomic E-state index is 12.4. The van der Waals surface area contributed by atoms with Gasteiger partial charge in [-0.1, -0.05) is 0 Å². The van der Waals surface area contributed by atoms with E-state index in [0.717, 1.165) is 4.88 Å². The zero-order valence-corrected chi connectivity index (χ0v) is 13.0. The number of hydrogen-bond donors (Lipinski definition) is 2. The van der Waals surface area contributed by atoms with Crippen LogP contribution in [-0.4, -0.2) is 34.9 Å². The van der Waals surface area contributed by atoms with Crippen LogP contribution in [0.3, 0.4) is 0 Å². The third kappa shape index (κ3) is 2.84. The lowest BCUT2D eigenvalue weighted by Crippen LogP contribution is -2.15. The van der Waals surface area contributed by atoms with Crippen molar-refractivity contribution >= 4 is 26.5 Å². The first kappa shape index (κ1) is 14.9. The highest BCUT2D eigenvalue weighted by molar-refractivity contribution is 7.93. The summed E-state index contributed by atoms with van der Waals surface area (Å²) < 4.78 is 28.8. The molecule has 2 aromatic rings. The monoisotopic (exact) mass is 316 g/mol. The number of aromatic nitrogens is 3. The summed E-state index contributed by atoms with van der Waals surface area (Å²) in [7, 11) is -3.73. The number of sulfonamides is 1. The molecule has 2 aromatic heterocycles. The molecule has 0 bridgehead atoms. The van der Waals surface area contributed by atoms with Gasteiger partial charge in [0.1, 0.15) is 4.90 Å². The third-order valence-corrected chi connectivity index (χ3v) is 5.29. The van der Waals surface area contributed by atoms with Crippen LogP contribution in [0.4, 0.5) is 5.13 Å². The molecule has 7 nitrogen and oxygen atoms in total. The molecular weight excluding hydrogens is 300 g/mol. The van der Waals surface area contributed by atoms with Crippen LogP contribution < -0.4 is 4.72 Å². The molecule has 2 heterocycles. The van der Waals surface area contributed by atoms with E-state index in [2.05, 4.69) is 14.8 Å². The van der Waals surface area contributed by atoms with Crippen LogP contribution in [0, 0.1) is 20.8 Å². The Morgan fingerprint density at radius 1 is 1.40 bits per heavy atom. The van der Waals surface area contributed by atoms with Crippen molar-refractivity contribution in [1.29, 1.82) is 0 Å². The van der Waals surface area contributed by atoms with Gasteiger partial charge in [-0.15, -0.1) is 11.3 Å². The maximum atomic E-state index is 12.4. The smallest absolute Gasteiger partial charge is 0.267 e. The highest BCUT2D eigenvalue weighted by atomic mass is 32.2. The molecule has 0 atom stereocenters. The zero-order chi connectivity index (χ0) is 14.9. The molecule has 2 rings (SSSR count). The average Bonchev–Trinajstić information content (AvgIpc) is 2.84. The number of thiazole rings is 1. The van der Waals surface area contributed by atoms with Gasteiger partial charge in [0.15, 0.2) is 5.13 Å². The van der Waals surface area contributed by atoms with E-state index in [1.165, 1.54) is 16.0 Å². The molecule has 0 spiro atoms. The molecule has 0 fully saturated rings. The lowest BCUT2D eigenvalue weighted by Gasteiger charge is -2.06. The summed E-state index contributed by atoms with van der Waals surface area (Å²) in [5, 5.41) is 13.4. The van der Waals surface area contributed by atoms with Gasteiger partial charge in [0.25, 0.3) is 10.0 Å². The van der Waals surface area contributed by atoms with Crippen molar-refractivity contribution in [2.75, 3.05) is 11.3 Å². The molecular formula is C11H16N4O3S2. The number of nitrogens with zero attached hydrogens (tertiary/aromatic N) is 3. The van der Waals surface area contributed by atoms with Gasteiger partial charge >= 0.3 is 0 Å². The van der Waals surface area contributed by atoms with Crippen molar-refractivity contribution in [3.05, 3.63) is 22.5 Å². The largest absolute Gasteiger partial charge is 0.394 e. The molecule has 9 heteroatoms. The Bertz CT molecular complexity index is 718. The second kappa shape index (κ2) is 5.51. The topological polar surface area (TPSA) is 97.1 Å². The van der Waals surface area contributed by atoms with Gasteiger partial charge in [0, 0.05) is 11.1 Å². The van der Waals surface area contributed by atoms with Crippen LogP contribution in [0.2, 0.25) is 0 Å².